The van der Waals surface area contributed by atoms with Crippen LogP contribution in [-0.2, 0) is 33.8 Å². The summed E-state index contributed by atoms with van der Waals surface area (Å²) in [4.78, 5) is 41.9. The van der Waals surface area contributed by atoms with Crippen molar-refractivity contribution in [1.29, 1.82) is 0 Å². The van der Waals surface area contributed by atoms with Gasteiger partial charge in [-0.25, -0.2) is 19.6 Å². The summed E-state index contributed by atoms with van der Waals surface area (Å²) in [7, 11) is 0. The van der Waals surface area contributed by atoms with E-state index in [0.717, 1.165) is 29.2 Å². The number of hydrogen-bond acceptors (Lipinski definition) is 7. The number of fused-ring (bicyclic) bond motifs is 1. The molecule has 1 aliphatic heterocycles. The number of aromatic amines is 2. The highest BCUT2D eigenvalue weighted by atomic mass is 19.4. The molecule has 5 rings (SSSR count). The smallest absolute Gasteiger partial charge is 0.475 e. The predicted molar refractivity (Wildman–Crippen MR) is 149 cm³/mol. The van der Waals surface area contributed by atoms with Crippen LogP contribution in [0, 0.1) is 5.92 Å². The van der Waals surface area contributed by atoms with E-state index in [9.17, 15) is 18.0 Å². The number of nitrogens with one attached hydrogen (secondary N) is 2. The molecule has 0 radical (unpaired) electrons. The Morgan fingerprint density at radius 2 is 1.52 bits per heavy atom. The number of hydrogen-bond donors (Lipinski definition) is 3. The third kappa shape index (κ3) is 7.68. The van der Waals surface area contributed by atoms with Crippen molar-refractivity contribution in [2.75, 3.05) is 23.0 Å². The van der Waals surface area contributed by atoms with E-state index in [2.05, 4.69) is 54.0 Å². The molecule has 0 saturated carbocycles. The Morgan fingerprint density at radius 3 is 2.07 bits per heavy atom. The summed E-state index contributed by atoms with van der Waals surface area (Å²) < 4.78 is 37.4. The highest BCUT2D eigenvalue weighted by molar-refractivity contribution is 5.85. The number of ether oxygens (including phenoxy) is 1. The minimum atomic E-state index is -5.08. The van der Waals surface area contributed by atoms with Gasteiger partial charge in [0.1, 0.15) is 6.04 Å². The van der Waals surface area contributed by atoms with E-state index in [1.807, 2.05) is 49.6 Å². The molecule has 0 saturated heterocycles. The summed E-state index contributed by atoms with van der Waals surface area (Å²) in [6, 6.07) is 18.2. The van der Waals surface area contributed by atoms with Crippen LogP contribution >= 0.6 is 0 Å². The summed E-state index contributed by atoms with van der Waals surface area (Å²) >= 11 is 0. The number of carboxylic acid groups (broad SMARTS) is 1. The number of carbonyl (C=O) groups excluding carboxylic acids is 1. The number of imidazole rings is 2. The molecule has 0 bridgehead atoms. The molecule has 3 N–H and O–H groups in total. The average molecular weight is 585 g/mol. The fourth-order valence-corrected chi connectivity index (χ4v) is 4.97. The number of benzene rings is 2. The van der Waals surface area contributed by atoms with Crippen molar-refractivity contribution < 1.29 is 32.6 Å². The SMILES string of the molecule is CCOC(=O)[C@H]1[C@@H](Cc2ccccc2)CN(Cc2cnc[nH]2)c2ccccc2N1Cc1cnc[nH]1.O=C(O)C(F)(F)F. The molecule has 10 nitrogen and oxygen atoms in total. The van der Waals surface area contributed by atoms with Crippen molar-refractivity contribution >= 4 is 23.3 Å². The van der Waals surface area contributed by atoms with Gasteiger partial charge in [-0.05, 0) is 31.0 Å². The summed E-state index contributed by atoms with van der Waals surface area (Å²) in [5.74, 6) is -2.98. The van der Waals surface area contributed by atoms with Gasteiger partial charge in [-0.3, -0.25) is 0 Å². The number of aliphatic carboxylic acids is 1. The van der Waals surface area contributed by atoms with E-state index in [4.69, 9.17) is 14.6 Å². The van der Waals surface area contributed by atoms with Gasteiger partial charge in [-0.2, -0.15) is 13.2 Å². The minimum absolute atomic E-state index is 0.0188. The van der Waals surface area contributed by atoms with Gasteiger partial charge < -0.3 is 29.6 Å². The van der Waals surface area contributed by atoms with Crippen LogP contribution in [-0.4, -0.2) is 62.4 Å². The molecule has 0 aliphatic carbocycles. The van der Waals surface area contributed by atoms with Crippen LogP contribution in [0.25, 0.3) is 0 Å². The van der Waals surface area contributed by atoms with E-state index >= 15 is 0 Å². The number of anilines is 2. The zero-order valence-electron chi connectivity index (χ0n) is 22.8. The minimum Gasteiger partial charge on any atom is -0.475 e. The van der Waals surface area contributed by atoms with Gasteiger partial charge in [0.05, 0.1) is 55.1 Å². The van der Waals surface area contributed by atoms with Crippen molar-refractivity contribution in [3.8, 4) is 0 Å². The number of para-hydroxylation sites is 2. The van der Waals surface area contributed by atoms with E-state index in [1.165, 1.54) is 5.56 Å². The Hall–Kier alpha value is -4.81. The molecule has 0 spiro atoms. The zero-order chi connectivity index (χ0) is 30.1. The molecule has 2 aromatic heterocycles. The summed E-state index contributed by atoms with van der Waals surface area (Å²) in [5, 5.41) is 7.12. The Labute approximate surface area is 240 Å². The first kappa shape index (κ1) is 30.2. The van der Waals surface area contributed by atoms with Crippen LogP contribution < -0.4 is 9.80 Å². The number of H-pyrrole nitrogens is 2. The number of carbonyl (C=O) groups is 2. The first-order valence-corrected chi connectivity index (χ1v) is 13.2. The van der Waals surface area contributed by atoms with Crippen LogP contribution in [0.1, 0.15) is 23.9 Å². The van der Waals surface area contributed by atoms with Crippen LogP contribution in [0.5, 0.6) is 0 Å². The van der Waals surface area contributed by atoms with Crippen LogP contribution in [0.15, 0.2) is 79.6 Å². The Kier molecular flexibility index (Phi) is 9.84. The van der Waals surface area contributed by atoms with Gasteiger partial charge in [0.2, 0.25) is 0 Å². The maximum Gasteiger partial charge on any atom is 0.490 e. The highest BCUT2D eigenvalue weighted by Gasteiger charge is 2.41. The molecule has 0 amide bonds. The number of rotatable bonds is 8. The summed E-state index contributed by atoms with van der Waals surface area (Å²) in [5.41, 5.74) is 5.23. The molecule has 0 fully saturated rings. The molecule has 2 atom stereocenters. The Bertz CT molecular complexity index is 1410. The third-order valence-electron chi connectivity index (χ3n) is 6.69. The monoisotopic (exact) mass is 584 g/mol. The number of carboxylic acids is 1. The highest BCUT2D eigenvalue weighted by Crippen LogP contribution is 2.39. The quantitative estimate of drug-likeness (QED) is 0.257. The topological polar surface area (TPSA) is 127 Å². The van der Waals surface area contributed by atoms with Crippen LogP contribution in [0.4, 0.5) is 24.5 Å². The standard InChI is InChI=1S/C27H30N6O2.C2HF3O2/c1-2-35-27(34)26-21(12-20-8-4-3-5-9-20)15-32(16-22-13-28-18-30-22)24-10-6-7-11-25(24)33(26)17-23-14-29-19-31-23;3-2(4,5)1(6)7/h3-11,13-14,18-19,21,26H,2,12,15-17H2,1H3,(H,28,30)(H,29,31);(H,6,7)/t21-,26+;/m0./s1. The maximum atomic E-state index is 13.6. The summed E-state index contributed by atoms with van der Waals surface area (Å²) in [6.07, 6.45) is 2.70. The molecule has 222 valence electrons. The normalized spacial score (nSPS) is 16.6. The second-order valence-electron chi connectivity index (χ2n) is 9.60. The van der Waals surface area contributed by atoms with Gasteiger partial charge in [-0.15, -0.1) is 0 Å². The van der Waals surface area contributed by atoms with Gasteiger partial charge >= 0.3 is 18.1 Å². The average Bonchev–Trinajstić information content (AvgIpc) is 3.65. The lowest BCUT2D eigenvalue weighted by molar-refractivity contribution is -0.192. The molecular formula is C29H31F3N6O4. The van der Waals surface area contributed by atoms with Crippen molar-refractivity contribution in [3.63, 3.8) is 0 Å². The van der Waals surface area contributed by atoms with Crippen molar-refractivity contribution in [3.05, 3.63) is 96.6 Å². The molecule has 2 aromatic carbocycles. The predicted octanol–water partition coefficient (Wildman–Crippen LogP) is 4.58. The van der Waals surface area contributed by atoms with Gasteiger partial charge in [0.25, 0.3) is 0 Å². The maximum absolute atomic E-state index is 13.6. The molecule has 1 aliphatic rings. The Morgan fingerprint density at radius 1 is 0.952 bits per heavy atom. The number of aromatic nitrogens is 4. The van der Waals surface area contributed by atoms with Gasteiger partial charge in [0, 0.05) is 24.9 Å². The number of esters is 1. The summed E-state index contributed by atoms with van der Waals surface area (Å²) in [6.45, 7) is 4.07. The molecular weight excluding hydrogens is 553 g/mol. The molecule has 13 heteroatoms. The molecule has 42 heavy (non-hydrogen) atoms. The van der Waals surface area contributed by atoms with Crippen LogP contribution in [0.3, 0.4) is 0 Å². The second-order valence-corrected chi connectivity index (χ2v) is 9.60. The van der Waals surface area contributed by atoms with E-state index in [-0.39, 0.29) is 11.9 Å². The van der Waals surface area contributed by atoms with Crippen molar-refractivity contribution in [1.82, 2.24) is 19.9 Å². The number of halogens is 3. The first-order valence-electron chi connectivity index (χ1n) is 13.2. The van der Waals surface area contributed by atoms with Gasteiger partial charge in [-0.1, -0.05) is 42.5 Å². The number of nitrogens with zero attached hydrogens (tertiary/aromatic N) is 4. The van der Waals surface area contributed by atoms with E-state index in [1.54, 1.807) is 12.7 Å². The van der Waals surface area contributed by atoms with Crippen LogP contribution in [0.2, 0.25) is 0 Å². The lowest BCUT2D eigenvalue weighted by atomic mass is 9.90. The number of alkyl halides is 3. The van der Waals surface area contributed by atoms with Crippen molar-refractivity contribution in [2.45, 2.75) is 38.7 Å². The first-order chi connectivity index (χ1) is 20.2. The van der Waals surface area contributed by atoms with E-state index < -0.39 is 18.2 Å². The lowest BCUT2D eigenvalue weighted by Crippen LogP contribution is -2.49. The zero-order valence-corrected chi connectivity index (χ0v) is 22.8. The van der Waals surface area contributed by atoms with E-state index in [0.29, 0.717) is 26.2 Å². The van der Waals surface area contributed by atoms with Crippen molar-refractivity contribution in [2.24, 2.45) is 5.92 Å². The second kappa shape index (κ2) is 13.7. The molecule has 4 aromatic rings. The van der Waals surface area contributed by atoms with Gasteiger partial charge in [0.15, 0.2) is 0 Å². The molecule has 3 heterocycles. The fourth-order valence-electron chi connectivity index (χ4n) is 4.97. The lowest BCUT2D eigenvalue weighted by Gasteiger charge is -2.35. The fraction of sp³-hybridized carbons (Fsp3) is 0.310. The molecule has 0 unspecified atom stereocenters. The Balaban J connectivity index is 0.000000517. The largest absolute Gasteiger partial charge is 0.490 e. The third-order valence-corrected chi connectivity index (χ3v) is 6.69.